The molecule has 3 rings (SSSR count). The number of fused-ring (bicyclic) bond motifs is 3. The molecule has 1 aliphatic heterocycles. The third kappa shape index (κ3) is 3.36. The Balaban J connectivity index is 2.20. The predicted octanol–water partition coefficient (Wildman–Crippen LogP) is 5.11. The molecule has 0 fully saturated rings. The highest BCUT2D eigenvalue weighted by Crippen LogP contribution is 2.41. The number of rotatable bonds is 5. The van der Waals surface area contributed by atoms with Gasteiger partial charge >= 0.3 is 5.97 Å². The Kier molecular flexibility index (Phi) is 5.54. The molecule has 4 nitrogen and oxygen atoms in total. The smallest absolute Gasteiger partial charge is 0.308 e. The topological polar surface area (TPSA) is 40.5 Å². The summed E-state index contributed by atoms with van der Waals surface area (Å²) < 4.78 is 14.6. The lowest BCUT2D eigenvalue weighted by Crippen LogP contribution is -2.22. The molecule has 2 aromatic rings. The van der Waals surface area contributed by atoms with E-state index in [9.17, 15) is 4.79 Å². The van der Waals surface area contributed by atoms with Gasteiger partial charge in [0, 0.05) is 16.4 Å². The first-order valence-electron chi connectivity index (χ1n) is 9.09. The standard InChI is InChI=1S/C20H26BrNO3/c1-5-22-19-15(12(3)4)9-13(21)10-16(19)14-7-8-25-17(20(14)22)11-18(23)24-6-2/h9-10,12,17H,5-8,11H2,1-4H3. The summed E-state index contributed by atoms with van der Waals surface area (Å²) in [6.07, 6.45) is 0.926. The van der Waals surface area contributed by atoms with Crippen LogP contribution in [0.25, 0.3) is 10.9 Å². The van der Waals surface area contributed by atoms with E-state index in [1.165, 1.54) is 22.0 Å². The molecule has 5 heteroatoms. The third-order valence-electron chi connectivity index (χ3n) is 4.87. The molecular formula is C20H26BrNO3. The zero-order valence-corrected chi connectivity index (χ0v) is 17.0. The lowest BCUT2D eigenvalue weighted by Gasteiger charge is -2.25. The lowest BCUT2D eigenvalue weighted by molar-refractivity contribution is -0.146. The monoisotopic (exact) mass is 407 g/mol. The zero-order valence-electron chi connectivity index (χ0n) is 15.4. The van der Waals surface area contributed by atoms with Crippen molar-refractivity contribution in [3.8, 4) is 0 Å². The second kappa shape index (κ2) is 7.50. The highest BCUT2D eigenvalue weighted by molar-refractivity contribution is 9.10. The van der Waals surface area contributed by atoms with Crippen molar-refractivity contribution >= 4 is 32.8 Å². The van der Waals surface area contributed by atoms with Gasteiger partial charge in [-0.05, 0) is 49.4 Å². The van der Waals surface area contributed by atoms with Crippen molar-refractivity contribution in [2.75, 3.05) is 13.2 Å². The second-order valence-corrected chi connectivity index (χ2v) is 7.69. The quantitative estimate of drug-likeness (QED) is 0.646. The van der Waals surface area contributed by atoms with Crippen molar-refractivity contribution in [2.24, 2.45) is 0 Å². The molecule has 1 aromatic heterocycles. The van der Waals surface area contributed by atoms with Crippen molar-refractivity contribution in [3.05, 3.63) is 33.4 Å². The van der Waals surface area contributed by atoms with E-state index in [0.717, 1.165) is 23.1 Å². The van der Waals surface area contributed by atoms with E-state index in [1.54, 1.807) is 0 Å². The molecular weight excluding hydrogens is 382 g/mol. The number of aromatic nitrogens is 1. The van der Waals surface area contributed by atoms with Crippen molar-refractivity contribution in [2.45, 2.75) is 59.1 Å². The first kappa shape index (κ1) is 18.5. The lowest BCUT2D eigenvalue weighted by atomic mass is 9.97. The average Bonchev–Trinajstić information content (AvgIpc) is 2.89. The van der Waals surface area contributed by atoms with Gasteiger partial charge in [0.05, 0.1) is 30.8 Å². The maximum absolute atomic E-state index is 12.0. The highest BCUT2D eigenvalue weighted by atomic mass is 79.9. The van der Waals surface area contributed by atoms with E-state index in [1.807, 2.05) is 6.92 Å². The minimum Gasteiger partial charge on any atom is -0.466 e. The van der Waals surface area contributed by atoms with E-state index in [0.29, 0.717) is 19.1 Å². The van der Waals surface area contributed by atoms with Crippen molar-refractivity contribution in [1.82, 2.24) is 4.57 Å². The molecule has 0 N–H and O–H groups in total. The molecule has 2 heterocycles. The largest absolute Gasteiger partial charge is 0.466 e. The number of carbonyl (C=O) groups excluding carboxylic acids is 1. The fourth-order valence-corrected chi connectivity index (χ4v) is 4.36. The normalized spacial score (nSPS) is 17.1. The Morgan fingerprint density at radius 2 is 2.16 bits per heavy atom. The average molecular weight is 408 g/mol. The van der Waals surface area contributed by atoms with Crippen LogP contribution in [0.2, 0.25) is 0 Å². The van der Waals surface area contributed by atoms with Gasteiger partial charge in [0.1, 0.15) is 6.10 Å². The van der Waals surface area contributed by atoms with Crippen LogP contribution in [0.15, 0.2) is 16.6 Å². The van der Waals surface area contributed by atoms with Crippen LogP contribution in [0.4, 0.5) is 0 Å². The van der Waals surface area contributed by atoms with Gasteiger partial charge in [-0.25, -0.2) is 0 Å². The van der Waals surface area contributed by atoms with Crippen molar-refractivity contribution in [1.29, 1.82) is 0 Å². The van der Waals surface area contributed by atoms with Crippen LogP contribution in [0.3, 0.4) is 0 Å². The molecule has 1 atom stereocenters. The number of carbonyl (C=O) groups is 1. The second-order valence-electron chi connectivity index (χ2n) is 6.77. The zero-order chi connectivity index (χ0) is 18.1. The first-order chi connectivity index (χ1) is 12.0. The van der Waals surface area contributed by atoms with Gasteiger partial charge in [-0.2, -0.15) is 0 Å². The van der Waals surface area contributed by atoms with Crippen LogP contribution in [-0.2, 0) is 27.2 Å². The fourth-order valence-electron chi connectivity index (χ4n) is 3.88. The van der Waals surface area contributed by atoms with E-state index < -0.39 is 0 Å². The number of aryl methyl sites for hydroxylation is 1. The molecule has 0 saturated carbocycles. The molecule has 0 aliphatic carbocycles. The molecule has 0 saturated heterocycles. The molecule has 0 amide bonds. The van der Waals surface area contributed by atoms with Gasteiger partial charge in [0.25, 0.3) is 0 Å². The number of hydrogen-bond acceptors (Lipinski definition) is 3. The number of benzene rings is 1. The minimum atomic E-state index is -0.228. The van der Waals surface area contributed by atoms with Crippen molar-refractivity contribution < 1.29 is 14.3 Å². The summed E-state index contributed by atoms with van der Waals surface area (Å²) in [6, 6.07) is 4.42. The maximum atomic E-state index is 12.0. The van der Waals surface area contributed by atoms with Gasteiger partial charge < -0.3 is 14.0 Å². The van der Waals surface area contributed by atoms with Gasteiger partial charge in [-0.1, -0.05) is 29.8 Å². The van der Waals surface area contributed by atoms with Gasteiger partial charge in [-0.3, -0.25) is 4.79 Å². The summed E-state index contributed by atoms with van der Waals surface area (Å²) >= 11 is 3.67. The molecule has 1 aliphatic rings. The maximum Gasteiger partial charge on any atom is 0.308 e. The number of halogens is 1. The van der Waals surface area contributed by atoms with Crippen LogP contribution in [0.1, 0.15) is 63.0 Å². The Labute approximate surface area is 157 Å². The Bertz CT molecular complexity index is 794. The molecule has 0 bridgehead atoms. The SMILES string of the molecule is CCOC(=O)CC1OCCc2c1n(CC)c1c(C(C)C)cc(Br)cc21. The van der Waals surface area contributed by atoms with Crippen LogP contribution < -0.4 is 0 Å². The highest BCUT2D eigenvalue weighted by Gasteiger charge is 2.31. The first-order valence-corrected chi connectivity index (χ1v) is 9.88. The number of hydrogen-bond donors (Lipinski definition) is 0. The summed E-state index contributed by atoms with van der Waals surface area (Å²) in [5.41, 5.74) is 5.08. The van der Waals surface area contributed by atoms with Gasteiger partial charge in [0.15, 0.2) is 0 Å². The summed E-state index contributed by atoms with van der Waals surface area (Å²) in [5, 5.41) is 1.28. The fraction of sp³-hybridized carbons (Fsp3) is 0.550. The molecule has 0 radical (unpaired) electrons. The number of ether oxygens (including phenoxy) is 2. The molecule has 25 heavy (non-hydrogen) atoms. The summed E-state index contributed by atoms with van der Waals surface area (Å²) in [5.74, 6) is 0.226. The number of nitrogens with zero attached hydrogens (tertiary/aromatic N) is 1. The Morgan fingerprint density at radius 3 is 2.80 bits per heavy atom. The van der Waals surface area contributed by atoms with Gasteiger partial charge in [0.2, 0.25) is 0 Å². The molecule has 1 aromatic carbocycles. The Hall–Kier alpha value is -1.33. The summed E-state index contributed by atoms with van der Waals surface area (Å²) in [4.78, 5) is 12.0. The van der Waals surface area contributed by atoms with Crippen LogP contribution in [0, 0.1) is 0 Å². The molecule has 136 valence electrons. The minimum absolute atomic E-state index is 0.196. The molecule has 0 spiro atoms. The summed E-state index contributed by atoms with van der Waals surface area (Å²) in [6.45, 7) is 10.3. The van der Waals surface area contributed by atoms with Crippen LogP contribution >= 0.6 is 15.9 Å². The number of esters is 1. The van der Waals surface area contributed by atoms with E-state index in [4.69, 9.17) is 9.47 Å². The summed E-state index contributed by atoms with van der Waals surface area (Å²) in [7, 11) is 0. The Morgan fingerprint density at radius 1 is 1.40 bits per heavy atom. The van der Waals surface area contributed by atoms with E-state index in [2.05, 4.69) is 53.4 Å². The van der Waals surface area contributed by atoms with Gasteiger partial charge in [-0.15, -0.1) is 0 Å². The van der Waals surface area contributed by atoms with E-state index >= 15 is 0 Å². The van der Waals surface area contributed by atoms with Crippen LogP contribution in [-0.4, -0.2) is 23.8 Å². The third-order valence-corrected chi connectivity index (χ3v) is 5.33. The van der Waals surface area contributed by atoms with Crippen LogP contribution in [0.5, 0.6) is 0 Å². The predicted molar refractivity (Wildman–Crippen MR) is 103 cm³/mol. The molecule has 1 unspecified atom stereocenters. The van der Waals surface area contributed by atoms with E-state index in [-0.39, 0.29) is 18.5 Å². The van der Waals surface area contributed by atoms with Crippen molar-refractivity contribution in [3.63, 3.8) is 0 Å².